The van der Waals surface area contributed by atoms with E-state index in [-0.39, 0.29) is 0 Å². The van der Waals surface area contributed by atoms with Gasteiger partial charge in [0.05, 0.1) is 18.3 Å². The van der Waals surface area contributed by atoms with Crippen molar-refractivity contribution in [2.75, 3.05) is 0 Å². The number of hydrogen-bond donors (Lipinski definition) is 2. The van der Waals surface area contributed by atoms with Crippen molar-refractivity contribution in [1.82, 2.24) is 4.98 Å². The van der Waals surface area contributed by atoms with Crippen LogP contribution in [0, 0.1) is 5.82 Å². The van der Waals surface area contributed by atoms with Gasteiger partial charge in [0.15, 0.2) is 0 Å². The second-order valence-electron chi connectivity index (χ2n) is 2.70. The van der Waals surface area contributed by atoms with Gasteiger partial charge < -0.3 is 10.8 Å². The maximum absolute atomic E-state index is 12.6. The molecule has 0 saturated carbocycles. The number of nitrogens with two attached hydrogens (primary N) is 1. The smallest absolute Gasteiger partial charge is 0.141 e. The quantitative estimate of drug-likeness (QED) is 0.683. The molecule has 0 aliphatic heterocycles. The summed E-state index contributed by atoms with van der Waals surface area (Å²) >= 11 is 0. The molecule has 4 heteroatoms. The van der Waals surface area contributed by atoms with Crippen LogP contribution in [0.2, 0.25) is 0 Å². The molecule has 0 bridgehead atoms. The Bertz CT molecular complexity index is 265. The van der Waals surface area contributed by atoms with Crippen molar-refractivity contribution < 1.29 is 9.50 Å². The van der Waals surface area contributed by atoms with E-state index in [0.717, 1.165) is 6.20 Å². The van der Waals surface area contributed by atoms with Gasteiger partial charge in [0, 0.05) is 6.20 Å². The third-order valence-electron chi connectivity index (χ3n) is 1.63. The Morgan fingerprint density at radius 3 is 2.75 bits per heavy atom. The van der Waals surface area contributed by atoms with Crippen LogP contribution in [0.4, 0.5) is 4.39 Å². The van der Waals surface area contributed by atoms with E-state index in [1.54, 1.807) is 6.92 Å². The Morgan fingerprint density at radius 1 is 1.58 bits per heavy atom. The van der Waals surface area contributed by atoms with Crippen molar-refractivity contribution in [2.24, 2.45) is 5.73 Å². The molecule has 0 unspecified atom stereocenters. The second-order valence-corrected chi connectivity index (χ2v) is 2.70. The predicted octanol–water partition coefficient (Wildman–Crippen LogP) is 0.601. The van der Waals surface area contributed by atoms with Gasteiger partial charge in [-0.25, -0.2) is 4.39 Å². The van der Waals surface area contributed by atoms with Gasteiger partial charge >= 0.3 is 0 Å². The van der Waals surface area contributed by atoms with Crippen LogP contribution in [-0.2, 0) is 0 Å². The summed E-state index contributed by atoms with van der Waals surface area (Å²) in [6, 6.07) is 0.692. The van der Waals surface area contributed by atoms with Gasteiger partial charge in [-0.15, -0.1) is 0 Å². The molecule has 3 nitrogen and oxygen atoms in total. The summed E-state index contributed by atoms with van der Waals surface area (Å²) in [6.07, 6.45) is 1.84. The fraction of sp³-hybridized carbons (Fsp3) is 0.375. The molecular weight excluding hydrogens is 159 g/mol. The van der Waals surface area contributed by atoms with Crippen molar-refractivity contribution in [3.05, 3.63) is 29.8 Å². The standard InChI is InChI=1S/C8H11FN2O/c1-5(12)8(10)6-2-7(9)4-11-3-6/h2-5,8,12H,10H2,1H3/t5-,8-/m1/s1. The SMILES string of the molecule is C[C@@H](O)[C@@H](N)c1cncc(F)c1. The molecule has 1 heterocycles. The third-order valence-corrected chi connectivity index (χ3v) is 1.63. The van der Waals surface area contributed by atoms with Crippen molar-refractivity contribution >= 4 is 0 Å². The summed E-state index contributed by atoms with van der Waals surface area (Å²) in [5.41, 5.74) is 6.05. The number of pyridine rings is 1. The molecular formula is C8H11FN2O. The summed E-state index contributed by atoms with van der Waals surface area (Å²) in [7, 11) is 0. The lowest BCUT2D eigenvalue weighted by Crippen LogP contribution is -2.23. The number of rotatable bonds is 2. The summed E-state index contributed by atoms with van der Waals surface area (Å²) in [5.74, 6) is -0.441. The molecule has 1 rings (SSSR count). The van der Waals surface area contributed by atoms with Crippen LogP contribution in [0.3, 0.4) is 0 Å². The van der Waals surface area contributed by atoms with Crippen LogP contribution in [-0.4, -0.2) is 16.2 Å². The molecule has 0 saturated heterocycles. The highest BCUT2D eigenvalue weighted by Crippen LogP contribution is 2.13. The van der Waals surface area contributed by atoms with Crippen LogP contribution in [0.1, 0.15) is 18.5 Å². The Morgan fingerprint density at radius 2 is 2.25 bits per heavy atom. The van der Waals surface area contributed by atoms with E-state index in [2.05, 4.69) is 4.98 Å². The molecule has 0 aliphatic rings. The predicted molar refractivity (Wildman–Crippen MR) is 42.8 cm³/mol. The first-order valence-electron chi connectivity index (χ1n) is 3.65. The van der Waals surface area contributed by atoms with Gasteiger partial charge in [-0.05, 0) is 18.6 Å². The molecule has 0 amide bonds. The first kappa shape index (κ1) is 9.09. The topological polar surface area (TPSA) is 59.1 Å². The van der Waals surface area contributed by atoms with Gasteiger partial charge in [0.2, 0.25) is 0 Å². The van der Waals surface area contributed by atoms with Crippen molar-refractivity contribution in [3.8, 4) is 0 Å². The van der Waals surface area contributed by atoms with Gasteiger partial charge in [-0.2, -0.15) is 0 Å². The van der Waals surface area contributed by atoms with Gasteiger partial charge in [0.25, 0.3) is 0 Å². The lowest BCUT2D eigenvalue weighted by Gasteiger charge is -2.13. The molecule has 2 atom stereocenters. The van der Waals surface area contributed by atoms with E-state index >= 15 is 0 Å². The highest BCUT2D eigenvalue weighted by molar-refractivity contribution is 5.15. The number of aliphatic hydroxyl groups is 1. The fourth-order valence-electron chi connectivity index (χ4n) is 0.889. The average molecular weight is 170 g/mol. The number of halogens is 1. The highest BCUT2D eigenvalue weighted by Gasteiger charge is 2.12. The van der Waals surface area contributed by atoms with E-state index in [9.17, 15) is 4.39 Å². The third kappa shape index (κ3) is 1.99. The molecule has 1 aromatic rings. The number of aromatic nitrogens is 1. The van der Waals surface area contributed by atoms with E-state index in [0.29, 0.717) is 5.56 Å². The lowest BCUT2D eigenvalue weighted by molar-refractivity contribution is 0.164. The number of nitrogens with zero attached hydrogens (tertiary/aromatic N) is 1. The van der Waals surface area contributed by atoms with Crippen molar-refractivity contribution in [2.45, 2.75) is 19.1 Å². The zero-order valence-corrected chi connectivity index (χ0v) is 6.74. The van der Waals surface area contributed by atoms with Gasteiger partial charge in [0.1, 0.15) is 5.82 Å². The van der Waals surface area contributed by atoms with Crippen molar-refractivity contribution in [3.63, 3.8) is 0 Å². The van der Waals surface area contributed by atoms with Crippen molar-refractivity contribution in [1.29, 1.82) is 0 Å². The molecule has 0 fully saturated rings. The molecule has 3 N–H and O–H groups in total. The minimum absolute atomic E-state index is 0.441. The summed E-state index contributed by atoms with van der Waals surface area (Å²) in [4.78, 5) is 3.62. The highest BCUT2D eigenvalue weighted by atomic mass is 19.1. The van der Waals surface area contributed by atoms with Crippen LogP contribution in [0.25, 0.3) is 0 Å². The average Bonchev–Trinajstić information content (AvgIpc) is 2.03. The number of hydrogen-bond acceptors (Lipinski definition) is 3. The van der Waals surface area contributed by atoms with Crippen LogP contribution >= 0.6 is 0 Å². The summed E-state index contributed by atoms with van der Waals surface area (Å²) in [6.45, 7) is 1.55. The zero-order valence-electron chi connectivity index (χ0n) is 6.74. The molecule has 1 aromatic heterocycles. The normalized spacial score (nSPS) is 15.7. The number of aliphatic hydroxyl groups excluding tert-OH is 1. The first-order valence-corrected chi connectivity index (χ1v) is 3.65. The Labute approximate surface area is 70.0 Å². The largest absolute Gasteiger partial charge is 0.391 e. The first-order chi connectivity index (χ1) is 5.61. The Kier molecular flexibility index (Phi) is 2.73. The Hall–Kier alpha value is -1.00. The monoisotopic (exact) mass is 170 g/mol. The van der Waals surface area contributed by atoms with Crippen LogP contribution in [0.15, 0.2) is 18.5 Å². The Balaban J connectivity index is 2.88. The fourth-order valence-corrected chi connectivity index (χ4v) is 0.889. The second kappa shape index (κ2) is 3.60. The van der Waals surface area contributed by atoms with E-state index < -0.39 is 18.0 Å². The lowest BCUT2D eigenvalue weighted by atomic mass is 10.1. The zero-order chi connectivity index (χ0) is 9.14. The summed E-state index contributed by atoms with van der Waals surface area (Å²) in [5, 5.41) is 9.09. The van der Waals surface area contributed by atoms with Crippen LogP contribution < -0.4 is 5.73 Å². The summed E-state index contributed by atoms with van der Waals surface area (Å²) < 4.78 is 12.6. The maximum atomic E-state index is 12.6. The molecule has 0 spiro atoms. The molecule has 12 heavy (non-hydrogen) atoms. The minimum atomic E-state index is -0.700. The molecule has 0 aliphatic carbocycles. The van der Waals surface area contributed by atoms with E-state index in [4.69, 9.17) is 10.8 Å². The van der Waals surface area contributed by atoms with Gasteiger partial charge in [-0.1, -0.05) is 0 Å². The molecule has 0 radical (unpaired) electrons. The van der Waals surface area contributed by atoms with Crippen LogP contribution in [0.5, 0.6) is 0 Å². The van der Waals surface area contributed by atoms with E-state index in [1.807, 2.05) is 0 Å². The van der Waals surface area contributed by atoms with Gasteiger partial charge in [-0.3, -0.25) is 4.98 Å². The van der Waals surface area contributed by atoms with E-state index in [1.165, 1.54) is 12.3 Å². The molecule has 66 valence electrons. The minimum Gasteiger partial charge on any atom is -0.391 e. The maximum Gasteiger partial charge on any atom is 0.141 e. The molecule has 0 aromatic carbocycles.